The van der Waals surface area contributed by atoms with Crippen LogP contribution in [0.2, 0.25) is 0 Å². The lowest BCUT2D eigenvalue weighted by Gasteiger charge is -2.17. The second-order valence-corrected chi connectivity index (χ2v) is 4.22. The highest BCUT2D eigenvalue weighted by Crippen LogP contribution is 2.39. The molecule has 0 N–H and O–H groups in total. The van der Waals surface area contributed by atoms with Crippen LogP contribution in [0, 0.1) is 5.92 Å². The first kappa shape index (κ1) is 8.31. The summed E-state index contributed by atoms with van der Waals surface area (Å²) in [7, 11) is 2.24. The number of hydrogen-bond acceptors (Lipinski definition) is 1. The fraction of sp³-hybridized carbons (Fsp3) is 0.818. The average Bonchev–Trinajstić information content (AvgIpc) is 2.74. The van der Waals surface area contributed by atoms with E-state index >= 15 is 0 Å². The monoisotopic (exact) mass is 165 g/mol. The Bertz CT molecular complexity index is 189. The molecule has 0 aromatic heterocycles. The Morgan fingerprint density at radius 1 is 1.50 bits per heavy atom. The summed E-state index contributed by atoms with van der Waals surface area (Å²) in [4.78, 5) is 2.47. The molecule has 12 heavy (non-hydrogen) atoms. The maximum absolute atomic E-state index is 2.54. The molecule has 2 unspecified atom stereocenters. The van der Waals surface area contributed by atoms with Gasteiger partial charge in [-0.1, -0.05) is 18.6 Å². The summed E-state index contributed by atoms with van der Waals surface area (Å²) in [5, 5.41) is 0. The molecule has 2 atom stereocenters. The Morgan fingerprint density at radius 3 is 2.75 bits per heavy atom. The van der Waals surface area contributed by atoms with Gasteiger partial charge >= 0.3 is 0 Å². The lowest BCUT2D eigenvalue weighted by molar-refractivity contribution is 0.333. The van der Waals surface area contributed by atoms with Gasteiger partial charge in [-0.05, 0) is 45.2 Å². The molecule has 2 saturated carbocycles. The lowest BCUT2D eigenvalue weighted by atomic mass is 9.91. The Hall–Kier alpha value is -0.300. The predicted octanol–water partition coefficient (Wildman–Crippen LogP) is 2.44. The van der Waals surface area contributed by atoms with E-state index < -0.39 is 0 Å². The van der Waals surface area contributed by atoms with Crippen LogP contribution in [0.5, 0.6) is 0 Å². The highest BCUT2D eigenvalue weighted by molar-refractivity contribution is 5.17. The molecule has 2 aliphatic rings. The highest BCUT2D eigenvalue weighted by Gasteiger charge is 2.38. The Kier molecular flexibility index (Phi) is 2.22. The molecular weight excluding hydrogens is 146 g/mol. The fourth-order valence-electron chi connectivity index (χ4n) is 1.97. The average molecular weight is 165 g/mol. The van der Waals surface area contributed by atoms with Crippen molar-refractivity contribution in [3.63, 3.8) is 0 Å². The smallest absolute Gasteiger partial charge is 0.0162 e. The molecule has 0 aromatic rings. The molecule has 0 amide bonds. The van der Waals surface area contributed by atoms with Crippen LogP contribution in [-0.2, 0) is 0 Å². The third-order valence-electron chi connectivity index (χ3n) is 3.32. The topological polar surface area (TPSA) is 3.24 Å². The molecule has 2 aliphatic carbocycles. The first-order valence-corrected chi connectivity index (χ1v) is 5.21. The zero-order valence-corrected chi connectivity index (χ0v) is 8.21. The predicted molar refractivity (Wildman–Crippen MR) is 52.1 cm³/mol. The van der Waals surface area contributed by atoms with Crippen molar-refractivity contribution in [2.45, 2.75) is 38.6 Å². The Morgan fingerprint density at radius 2 is 2.25 bits per heavy atom. The molecule has 2 rings (SSSR count). The van der Waals surface area contributed by atoms with Crippen molar-refractivity contribution >= 4 is 0 Å². The second kappa shape index (κ2) is 3.21. The summed E-state index contributed by atoms with van der Waals surface area (Å²) < 4.78 is 0. The van der Waals surface area contributed by atoms with E-state index in [1.165, 1.54) is 32.2 Å². The number of allylic oxidation sites excluding steroid dienone is 1. The van der Waals surface area contributed by atoms with Gasteiger partial charge in [-0.25, -0.2) is 0 Å². The molecule has 0 bridgehead atoms. The summed E-state index contributed by atoms with van der Waals surface area (Å²) >= 11 is 0. The second-order valence-electron chi connectivity index (χ2n) is 4.22. The molecule has 68 valence electrons. The van der Waals surface area contributed by atoms with Gasteiger partial charge < -0.3 is 4.90 Å². The Balaban J connectivity index is 1.79. The molecule has 1 heteroatoms. The van der Waals surface area contributed by atoms with Gasteiger partial charge in [0.25, 0.3) is 0 Å². The third-order valence-corrected chi connectivity index (χ3v) is 3.32. The highest BCUT2D eigenvalue weighted by atomic mass is 15.2. The van der Waals surface area contributed by atoms with E-state index in [2.05, 4.69) is 24.9 Å². The van der Waals surface area contributed by atoms with E-state index in [-0.39, 0.29) is 0 Å². The standard InChI is InChI=1S/C11H19N/c1-3-12(2)11-8-10(11)7-9-5-4-6-9/h7,10-11H,3-6,8H2,1-2H3. The SMILES string of the molecule is CCN(C)C1CC1C=C1CCC1. The van der Waals surface area contributed by atoms with Crippen LogP contribution in [0.15, 0.2) is 11.6 Å². The summed E-state index contributed by atoms with van der Waals surface area (Å²) in [6.07, 6.45) is 8.17. The van der Waals surface area contributed by atoms with Crippen LogP contribution < -0.4 is 0 Å². The van der Waals surface area contributed by atoms with Gasteiger partial charge in [-0.3, -0.25) is 0 Å². The molecule has 0 saturated heterocycles. The molecule has 0 heterocycles. The number of hydrogen-bond donors (Lipinski definition) is 0. The summed E-state index contributed by atoms with van der Waals surface area (Å²) in [6.45, 7) is 3.44. The molecule has 0 aliphatic heterocycles. The Labute approximate surface area is 75.4 Å². The van der Waals surface area contributed by atoms with Gasteiger partial charge in [0.2, 0.25) is 0 Å². The summed E-state index contributed by atoms with van der Waals surface area (Å²) in [5.41, 5.74) is 1.73. The van der Waals surface area contributed by atoms with Crippen LogP contribution >= 0.6 is 0 Å². The molecular formula is C11H19N. The number of nitrogens with zero attached hydrogens (tertiary/aromatic N) is 1. The first-order chi connectivity index (χ1) is 5.81. The van der Waals surface area contributed by atoms with Crippen molar-refractivity contribution in [1.29, 1.82) is 0 Å². The minimum atomic E-state index is 0.878. The molecule has 0 radical (unpaired) electrons. The molecule has 0 aromatic carbocycles. The third kappa shape index (κ3) is 1.56. The minimum Gasteiger partial charge on any atom is -0.303 e. The van der Waals surface area contributed by atoms with Gasteiger partial charge in [-0.15, -0.1) is 0 Å². The van der Waals surface area contributed by atoms with Crippen LogP contribution in [-0.4, -0.2) is 24.5 Å². The van der Waals surface area contributed by atoms with Crippen LogP contribution in [0.1, 0.15) is 32.6 Å². The first-order valence-electron chi connectivity index (χ1n) is 5.21. The lowest BCUT2D eigenvalue weighted by Crippen LogP contribution is -2.21. The van der Waals surface area contributed by atoms with E-state index in [1.54, 1.807) is 5.57 Å². The zero-order chi connectivity index (χ0) is 8.55. The van der Waals surface area contributed by atoms with Gasteiger partial charge in [0.05, 0.1) is 0 Å². The van der Waals surface area contributed by atoms with Crippen molar-refractivity contribution in [3.05, 3.63) is 11.6 Å². The fourth-order valence-corrected chi connectivity index (χ4v) is 1.97. The normalized spacial score (nSPS) is 33.4. The van der Waals surface area contributed by atoms with E-state index in [0.717, 1.165) is 12.0 Å². The molecule has 2 fully saturated rings. The van der Waals surface area contributed by atoms with Gasteiger partial charge in [0.1, 0.15) is 0 Å². The molecule has 1 nitrogen and oxygen atoms in total. The van der Waals surface area contributed by atoms with Gasteiger partial charge in [0, 0.05) is 6.04 Å². The van der Waals surface area contributed by atoms with Crippen molar-refractivity contribution in [2.24, 2.45) is 5.92 Å². The van der Waals surface area contributed by atoms with Crippen molar-refractivity contribution < 1.29 is 0 Å². The largest absolute Gasteiger partial charge is 0.303 e. The minimum absolute atomic E-state index is 0.878. The van der Waals surface area contributed by atoms with Gasteiger partial charge in [0.15, 0.2) is 0 Å². The summed E-state index contributed by atoms with van der Waals surface area (Å²) in [6, 6.07) is 0.878. The van der Waals surface area contributed by atoms with E-state index in [1.807, 2.05) is 0 Å². The van der Waals surface area contributed by atoms with E-state index in [0.29, 0.717) is 0 Å². The van der Waals surface area contributed by atoms with Crippen molar-refractivity contribution in [1.82, 2.24) is 4.90 Å². The quantitative estimate of drug-likeness (QED) is 0.581. The van der Waals surface area contributed by atoms with Crippen molar-refractivity contribution in [3.8, 4) is 0 Å². The van der Waals surface area contributed by atoms with E-state index in [4.69, 9.17) is 0 Å². The molecule has 0 spiro atoms. The van der Waals surface area contributed by atoms with Crippen LogP contribution in [0.4, 0.5) is 0 Å². The van der Waals surface area contributed by atoms with E-state index in [9.17, 15) is 0 Å². The maximum atomic E-state index is 2.54. The van der Waals surface area contributed by atoms with Crippen LogP contribution in [0.3, 0.4) is 0 Å². The zero-order valence-electron chi connectivity index (χ0n) is 8.21. The number of rotatable bonds is 3. The summed E-state index contributed by atoms with van der Waals surface area (Å²) in [5.74, 6) is 0.908. The van der Waals surface area contributed by atoms with Crippen molar-refractivity contribution in [2.75, 3.05) is 13.6 Å². The maximum Gasteiger partial charge on any atom is 0.0162 e. The van der Waals surface area contributed by atoms with Crippen LogP contribution in [0.25, 0.3) is 0 Å². The van der Waals surface area contributed by atoms with Gasteiger partial charge in [-0.2, -0.15) is 0 Å².